The van der Waals surface area contributed by atoms with Crippen LogP contribution in [0.25, 0.3) is 10.4 Å². The first-order chi connectivity index (χ1) is 7.93. The highest BCUT2D eigenvalue weighted by Gasteiger charge is 2.43. The maximum atomic E-state index is 12.3. The van der Waals surface area contributed by atoms with Crippen LogP contribution in [-0.2, 0) is 4.79 Å². The Labute approximate surface area is 102 Å². The fourth-order valence-electron chi connectivity index (χ4n) is 2.97. The maximum absolute atomic E-state index is 12.3. The van der Waals surface area contributed by atoms with E-state index in [0.29, 0.717) is 5.92 Å². The second-order valence-corrected chi connectivity index (χ2v) is 6.21. The highest BCUT2D eigenvalue weighted by molar-refractivity contribution is 5.82. The van der Waals surface area contributed by atoms with E-state index in [4.69, 9.17) is 5.53 Å². The number of azide groups is 1. The minimum absolute atomic E-state index is 0.0998. The highest BCUT2D eigenvalue weighted by Crippen LogP contribution is 2.38. The van der Waals surface area contributed by atoms with Crippen LogP contribution in [0.3, 0.4) is 0 Å². The molecule has 3 atom stereocenters. The lowest BCUT2D eigenvalue weighted by Gasteiger charge is -2.49. The summed E-state index contributed by atoms with van der Waals surface area (Å²) in [6, 6.07) is 0.380. The third-order valence-electron chi connectivity index (χ3n) is 3.90. The first-order valence-corrected chi connectivity index (χ1v) is 6.28. The number of fused-ring (bicyclic) bond motifs is 3. The van der Waals surface area contributed by atoms with Gasteiger partial charge in [-0.2, -0.15) is 0 Å². The van der Waals surface area contributed by atoms with Gasteiger partial charge in [0, 0.05) is 29.0 Å². The molecule has 1 amide bonds. The van der Waals surface area contributed by atoms with E-state index in [9.17, 15) is 4.79 Å². The fourth-order valence-corrected chi connectivity index (χ4v) is 2.97. The maximum Gasteiger partial charge on any atom is 0.228 e. The standard InChI is InChI=1S/C12H20N4O/c1-12(2,3)11(17)16-7-8-4-5-9(16)6-10(8)14-15-13/h8-10H,4-7H2,1-3H3. The molecule has 5 nitrogen and oxygen atoms in total. The number of amides is 1. The van der Waals surface area contributed by atoms with E-state index in [1.54, 1.807) is 0 Å². The van der Waals surface area contributed by atoms with Crippen LogP contribution < -0.4 is 0 Å². The first-order valence-electron chi connectivity index (χ1n) is 6.28. The number of rotatable bonds is 1. The Morgan fingerprint density at radius 2 is 2.12 bits per heavy atom. The van der Waals surface area contributed by atoms with Gasteiger partial charge in [-0.15, -0.1) is 0 Å². The largest absolute Gasteiger partial charge is 0.339 e. The van der Waals surface area contributed by atoms with Gasteiger partial charge < -0.3 is 4.90 Å². The first kappa shape index (κ1) is 12.2. The molecule has 0 N–H and O–H groups in total. The van der Waals surface area contributed by atoms with Gasteiger partial charge in [-0.1, -0.05) is 25.9 Å². The number of carbonyl (C=O) groups is 1. The minimum atomic E-state index is -0.314. The Morgan fingerprint density at radius 3 is 2.59 bits per heavy atom. The van der Waals surface area contributed by atoms with Gasteiger partial charge in [0.2, 0.25) is 5.91 Å². The van der Waals surface area contributed by atoms with Crippen molar-refractivity contribution in [1.29, 1.82) is 0 Å². The molecule has 5 heteroatoms. The summed E-state index contributed by atoms with van der Waals surface area (Å²) >= 11 is 0. The number of nitrogens with zero attached hydrogens (tertiary/aromatic N) is 4. The van der Waals surface area contributed by atoms with Crippen molar-refractivity contribution in [3.05, 3.63) is 10.4 Å². The number of hydrogen-bond donors (Lipinski definition) is 0. The Hall–Kier alpha value is -1.22. The Bertz CT molecular complexity index is 367. The molecule has 1 saturated carbocycles. The van der Waals surface area contributed by atoms with E-state index in [1.807, 2.05) is 25.7 Å². The normalized spacial score (nSPS) is 32.2. The van der Waals surface area contributed by atoms with Gasteiger partial charge in [0.05, 0.1) is 0 Å². The SMILES string of the molecule is CC(C)(C)C(=O)N1CC2CCC1CC2N=[N+]=[N-]. The Kier molecular flexibility index (Phi) is 3.04. The molecule has 2 saturated heterocycles. The van der Waals surface area contributed by atoms with Crippen LogP contribution in [0, 0.1) is 11.3 Å². The number of piperidine rings is 2. The molecule has 3 rings (SSSR count). The van der Waals surface area contributed by atoms with Crippen molar-refractivity contribution in [3.8, 4) is 0 Å². The molecular formula is C12H20N4O. The molecule has 0 spiro atoms. The van der Waals surface area contributed by atoms with Crippen molar-refractivity contribution in [2.75, 3.05) is 6.54 Å². The second kappa shape index (κ2) is 4.22. The lowest BCUT2D eigenvalue weighted by molar-refractivity contribution is -0.147. The van der Waals surface area contributed by atoms with Gasteiger partial charge in [-0.3, -0.25) is 4.79 Å². The van der Waals surface area contributed by atoms with Crippen LogP contribution >= 0.6 is 0 Å². The van der Waals surface area contributed by atoms with Crippen LogP contribution in [0.2, 0.25) is 0 Å². The summed E-state index contributed by atoms with van der Waals surface area (Å²) in [5, 5.41) is 3.86. The van der Waals surface area contributed by atoms with Crippen molar-refractivity contribution in [1.82, 2.24) is 4.90 Å². The molecule has 94 valence electrons. The molecule has 1 aliphatic carbocycles. The Morgan fingerprint density at radius 1 is 1.41 bits per heavy atom. The Balaban J connectivity index is 2.12. The van der Waals surface area contributed by atoms with Crippen molar-refractivity contribution < 1.29 is 4.79 Å². The molecule has 3 fully saturated rings. The van der Waals surface area contributed by atoms with Gasteiger partial charge in [0.15, 0.2) is 0 Å². The van der Waals surface area contributed by atoms with Crippen molar-refractivity contribution in [2.24, 2.45) is 16.4 Å². The van der Waals surface area contributed by atoms with Crippen molar-refractivity contribution in [3.63, 3.8) is 0 Å². The summed E-state index contributed by atoms with van der Waals surface area (Å²) in [5.74, 6) is 0.591. The topological polar surface area (TPSA) is 69.1 Å². The molecule has 0 aromatic heterocycles. The van der Waals surface area contributed by atoms with Gasteiger partial charge >= 0.3 is 0 Å². The van der Waals surface area contributed by atoms with E-state index in [2.05, 4.69) is 10.0 Å². The zero-order valence-electron chi connectivity index (χ0n) is 10.8. The van der Waals surface area contributed by atoms with Gasteiger partial charge in [0.1, 0.15) is 0 Å². The summed E-state index contributed by atoms with van der Waals surface area (Å²) in [4.78, 5) is 17.2. The molecule has 0 aromatic carbocycles. The van der Waals surface area contributed by atoms with E-state index in [-0.39, 0.29) is 23.4 Å². The molecule has 3 aliphatic rings. The molecule has 2 aliphatic heterocycles. The molecule has 0 aromatic rings. The summed E-state index contributed by atoms with van der Waals surface area (Å²) in [5.41, 5.74) is 8.21. The molecule has 2 bridgehead atoms. The smallest absolute Gasteiger partial charge is 0.228 e. The predicted octanol–water partition coefficient (Wildman–Crippen LogP) is 2.72. The van der Waals surface area contributed by atoms with Crippen LogP contribution in [0.4, 0.5) is 0 Å². The number of hydrogen-bond acceptors (Lipinski definition) is 2. The second-order valence-electron chi connectivity index (χ2n) is 6.21. The fraction of sp³-hybridized carbons (Fsp3) is 0.917. The third-order valence-corrected chi connectivity index (χ3v) is 3.90. The summed E-state index contributed by atoms with van der Waals surface area (Å²) in [6.07, 6.45) is 2.99. The van der Waals surface area contributed by atoms with Crippen LogP contribution in [0.1, 0.15) is 40.0 Å². The summed E-state index contributed by atoms with van der Waals surface area (Å²) in [6.45, 7) is 6.65. The molecule has 17 heavy (non-hydrogen) atoms. The lowest BCUT2D eigenvalue weighted by Crippen LogP contribution is -2.57. The summed E-state index contributed by atoms with van der Waals surface area (Å²) in [7, 11) is 0. The van der Waals surface area contributed by atoms with Crippen LogP contribution in [-0.4, -0.2) is 29.4 Å². The molecule has 2 heterocycles. The average molecular weight is 236 g/mol. The molecular weight excluding hydrogens is 216 g/mol. The van der Waals surface area contributed by atoms with E-state index < -0.39 is 0 Å². The van der Waals surface area contributed by atoms with E-state index >= 15 is 0 Å². The number of carbonyl (C=O) groups excluding carboxylic acids is 1. The lowest BCUT2D eigenvalue weighted by atomic mass is 9.75. The summed E-state index contributed by atoms with van der Waals surface area (Å²) < 4.78 is 0. The highest BCUT2D eigenvalue weighted by atomic mass is 16.2. The molecule has 3 unspecified atom stereocenters. The molecule has 0 radical (unpaired) electrons. The van der Waals surface area contributed by atoms with Crippen LogP contribution in [0.5, 0.6) is 0 Å². The quantitative estimate of drug-likeness (QED) is 0.392. The zero-order chi connectivity index (χ0) is 12.6. The van der Waals surface area contributed by atoms with E-state index in [0.717, 1.165) is 25.8 Å². The van der Waals surface area contributed by atoms with Gasteiger partial charge in [0.25, 0.3) is 0 Å². The van der Waals surface area contributed by atoms with Gasteiger partial charge in [-0.25, -0.2) is 0 Å². The van der Waals surface area contributed by atoms with Crippen molar-refractivity contribution in [2.45, 2.75) is 52.1 Å². The van der Waals surface area contributed by atoms with Crippen LogP contribution in [0.15, 0.2) is 5.11 Å². The minimum Gasteiger partial charge on any atom is -0.339 e. The third kappa shape index (κ3) is 2.25. The van der Waals surface area contributed by atoms with Gasteiger partial charge in [-0.05, 0) is 30.7 Å². The zero-order valence-corrected chi connectivity index (χ0v) is 10.8. The van der Waals surface area contributed by atoms with E-state index in [1.165, 1.54) is 0 Å². The predicted molar refractivity (Wildman–Crippen MR) is 65.2 cm³/mol. The van der Waals surface area contributed by atoms with Crippen molar-refractivity contribution >= 4 is 5.91 Å². The average Bonchev–Trinajstić information content (AvgIpc) is 2.28. The monoisotopic (exact) mass is 236 g/mol.